The van der Waals surface area contributed by atoms with E-state index in [9.17, 15) is 0 Å². The molecular weight excluding hydrogens is 513 g/mol. The van der Waals surface area contributed by atoms with Crippen LogP contribution in [-0.2, 0) is 12.8 Å². The molecule has 0 spiro atoms. The van der Waals surface area contributed by atoms with Crippen LogP contribution in [0, 0.1) is 0 Å². The van der Waals surface area contributed by atoms with Gasteiger partial charge in [0, 0.05) is 29.9 Å². The van der Waals surface area contributed by atoms with E-state index in [0.29, 0.717) is 0 Å². The van der Waals surface area contributed by atoms with Crippen molar-refractivity contribution in [3.63, 3.8) is 0 Å². The van der Waals surface area contributed by atoms with Gasteiger partial charge >= 0.3 is 0 Å². The molecule has 0 radical (unpaired) electrons. The quantitative estimate of drug-likeness (QED) is 0.220. The third kappa shape index (κ3) is 3.99. The van der Waals surface area contributed by atoms with Crippen molar-refractivity contribution in [2.45, 2.75) is 19.3 Å². The number of nitrogens with zero attached hydrogens (tertiary/aromatic N) is 2. The summed E-state index contributed by atoms with van der Waals surface area (Å²) in [7, 11) is 0. The number of fused-ring (bicyclic) bond motifs is 11. The summed E-state index contributed by atoms with van der Waals surface area (Å²) in [5.74, 6) is 0. The van der Waals surface area contributed by atoms with Crippen LogP contribution in [0.15, 0.2) is 84.9 Å². The zero-order valence-corrected chi connectivity index (χ0v) is 22.9. The predicted molar refractivity (Wildman–Crippen MR) is 169 cm³/mol. The molecule has 8 rings (SSSR count). The van der Waals surface area contributed by atoms with Crippen LogP contribution in [-0.4, -0.2) is 9.97 Å². The third-order valence-corrected chi connectivity index (χ3v) is 9.94. The minimum absolute atomic E-state index is 1.02. The van der Waals surface area contributed by atoms with Crippen LogP contribution >= 0.6 is 22.7 Å². The molecule has 0 unspecified atom stereocenters. The van der Waals surface area contributed by atoms with E-state index in [2.05, 4.69) is 109 Å². The maximum atomic E-state index is 5.17. The lowest BCUT2D eigenvalue weighted by Gasteiger charge is -2.04. The van der Waals surface area contributed by atoms with Crippen LogP contribution in [0.3, 0.4) is 0 Å². The molecule has 0 saturated carbocycles. The summed E-state index contributed by atoms with van der Waals surface area (Å²) >= 11 is 3.69. The van der Waals surface area contributed by atoms with Gasteiger partial charge in [0.1, 0.15) is 0 Å². The molecule has 2 aromatic carbocycles. The molecule has 0 N–H and O–H groups in total. The van der Waals surface area contributed by atoms with Gasteiger partial charge in [-0.05, 0) is 90.1 Å². The molecule has 3 aliphatic rings. The van der Waals surface area contributed by atoms with Crippen LogP contribution in [0.25, 0.3) is 65.4 Å². The highest BCUT2D eigenvalue weighted by Crippen LogP contribution is 2.40. The van der Waals surface area contributed by atoms with Crippen LogP contribution in [0.2, 0.25) is 0 Å². The molecule has 0 atom stereocenters. The largest absolute Gasteiger partial charge is 0.248 e. The number of benzene rings is 2. The molecule has 5 aromatic rings. The molecule has 3 aromatic heterocycles. The first-order valence-corrected chi connectivity index (χ1v) is 15.0. The highest BCUT2D eigenvalue weighted by molar-refractivity contribution is 7.24. The predicted octanol–water partition coefficient (Wildman–Crippen LogP) is 9.95. The van der Waals surface area contributed by atoms with Crippen LogP contribution in [0.5, 0.6) is 0 Å². The number of rotatable bonds is 2. The monoisotopic (exact) mass is 536 g/mol. The lowest BCUT2D eigenvalue weighted by molar-refractivity contribution is 0.915. The Hall–Kier alpha value is -4.12. The van der Waals surface area contributed by atoms with E-state index >= 15 is 0 Å². The van der Waals surface area contributed by atoms with Crippen molar-refractivity contribution in [3.8, 4) is 22.3 Å². The molecule has 0 amide bonds. The standard InChI is InChI=1S/C35H24N2S2/c1-3-8-22(9-4-1)34-28-16-14-24(36-28)20-32-26-12-7-13-27(26)33(39-32)21-25-15-17-29(37-25)35(23-10-5-2-6-11-23)31-19-18-30(34)38-31/h1-6,8-11,14-21H,7,12-13H2. The number of aromatic nitrogens is 2. The summed E-state index contributed by atoms with van der Waals surface area (Å²) in [6, 6.07) is 30.4. The Bertz CT molecular complexity index is 1840. The van der Waals surface area contributed by atoms with Gasteiger partial charge < -0.3 is 0 Å². The van der Waals surface area contributed by atoms with Gasteiger partial charge in [-0.15, -0.1) is 22.7 Å². The topological polar surface area (TPSA) is 25.8 Å². The van der Waals surface area contributed by atoms with Gasteiger partial charge in [0.15, 0.2) is 0 Å². The van der Waals surface area contributed by atoms with E-state index in [1.165, 1.54) is 58.6 Å². The summed E-state index contributed by atoms with van der Waals surface area (Å²) in [5, 5.41) is 0. The summed E-state index contributed by atoms with van der Waals surface area (Å²) in [6.07, 6.45) is 12.2. The number of hydrogen-bond acceptors (Lipinski definition) is 4. The van der Waals surface area contributed by atoms with Gasteiger partial charge in [-0.25, -0.2) is 9.97 Å². The Labute approximate surface area is 235 Å². The van der Waals surface area contributed by atoms with Crippen molar-refractivity contribution in [1.82, 2.24) is 9.97 Å². The Kier molecular flexibility index (Phi) is 5.42. The van der Waals surface area contributed by atoms with Crippen molar-refractivity contribution in [2.24, 2.45) is 0 Å². The second kappa shape index (κ2) is 9.26. The lowest BCUT2D eigenvalue weighted by Crippen LogP contribution is -1.83. The molecule has 5 heterocycles. The SMILES string of the molecule is C1=Cc2nc1cc1sc(cc3nc(c(-c4ccccc4)c4ccc(s4)c2-c2ccccc2)C=C3)c2c1CCC2. The smallest absolute Gasteiger partial charge is 0.0730 e. The van der Waals surface area contributed by atoms with Gasteiger partial charge in [-0.2, -0.15) is 0 Å². The minimum Gasteiger partial charge on any atom is -0.248 e. The van der Waals surface area contributed by atoms with Crippen molar-refractivity contribution >= 4 is 65.8 Å². The average Bonchev–Trinajstić information content (AvgIpc) is 3.79. The Morgan fingerprint density at radius 3 is 1.44 bits per heavy atom. The molecule has 1 aliphatic carbocycles. The Balaban J connectivity index is 1.54. The number of thiophene rings is 2. The third-order valence-electron chi connectivity index (χ3n) is 7.65. The fourth-order valence-electron chi connectivity index (χ4n) is 5.88. The summed E-state index contributed by atoms with van der Waals surface area (Å²) < 4.78 is 5.10. The first kappa shape index (κ1) is 22.8. The zero-order chi connectivity index (χ0) is 25.8. The number of hydrogen-bond donors (Lipinski definition) is 0. The van der Waals surface area contributed by atoms with E-state index in [1.807, 2.05) is 22.7 Å². The maximum Gasteiger partial charge on any atom is 0.0730 e. The molecule has 2 aliphatic heterocycles. The first-order valence-electron chi connectivity index (χ1n) is 13.4. The van der Waals surface area contributed by atoms with Gasteiger partial charge in [-0.3, -0.25) is 0 Å². The van der Waals surface area contributed by atoms with E-state index in [-0.39, 0.29) is 0 Å². The van der Waals surface area contributed by atoms with Gasteiger partial charge in [0.05, 0.1) is 22.8 Å². The normalized spacial score (nSPS) is 13.6. The molecule has 4 heteroatoms. The van der Waals surface area contributed by atoms with Crippen molar-refractivity contribution in [3.05, 3.63) is 119 Å². The van der Waals surface area contributed by atoms with E-state index in [0.717, 1.165) is 35.6 Å². The fourth-order valence-corrected chi connectivity index (χ4v) is 8.33. The fraction of sp³-hybridized carbons (Fsp3) is 0.0857. The minimum atomic E-state index is 1.02. The van der Waals surface area contributed by atoms with Crippen molar-refractivity contribution in [2.75, 3.05) is 0 Å². The van der Waals surface area contributed by atoms with Gasteiger partial charge in [0.2, 0.25) is 0 Å². The van der Waals surface area contributed by atoms with Crippen LogP contribution in [0.4, 0.5) is 0 Å². The second-order valence-corrected chi connectivity index (χ2v) is 12.3. The van der Waals surface area contributed by atoms with Gasteiger partial charge in [-0.1, -0.05) is 60.7 Å². The van der Waals surface area contributed by atoms with E-state index < -0.39 is 0 Å². The summed E-state index contributed by atoms with van der Waals surface area (Å²) in [5.41, 5.74) is 11.8. The molecule has 8 bridgehead atoms. The van der Waals surface area contributed by atoms with E-state index in [4.69, 9.17) is 9.97 Å². The van der Waals surface area contributed by atoms with Crippen molar-refractivity contribution in [1.29, 1.82) is 0 Å². The molecular formula is C35H24N2S2. The van der Waals surface area contributed by atoms with Crippen LogP contribution in [0.1, 0.15) is 40.3 Å². The molecule has 39 heavy (non-hydrogen) atoms. The molecule has 0 fully saturated rings. The Morgan fingerprint density at radius 1 is 0.487 bits per heavy atom. The highest BCUT2D eigenvalue weighted by Gasteiger charge is 2.19. The summed E-state index contributed by atoms with van der Waals surface area (Å²) in [4.78, 5) is 10.3. The molecule has 0 saturated heterocycles. The molecule has 2 nitrogen and oxygen atoms in total. The lowest BCUT2D eigenvalue weighted by atomic mass is 10.0. The maximum absolute atomic E-state index is 5.17. The highest BCUT2D eigenvalue weighted by atomic mass is 32.1. The zero-order valence-electron chi connectivity index (χ0n) is 21.2. The molecule has 186 valence electrons. The Morgan fingerprint density at radius 2 is 0.949 bits per heavy atom. The first-order chi connectivity index (χ1) is 19.3. The van der Waals surface area contributed by atoms with Crippen LogP contribution < -0.4 is 0 Å². The average molecular weight is 537 g/mol. The van der Waals surface area contributed by atoms with Gasteiger partial charge in [0.25, 0.3) is 0 Å². The summed E-state index contributed by atoms with van der Waals surface area (Å²) in [6.45, 7) is 0. The van der Waals surface area contributed by atoms with E-state index in [1.54, 1.807) is 0 Å². The second-order valence-electron chi connectivity index (χ2n) is 10.1. The van der Waals surface area contributed by atoms with Crippen molar-refractivity contribution < 1.29 is 0 Å². The number of aryl methyl sites for hydroxylation is 2.